The van der Waals surface area contributed by atoms with E-state index in [4.69, 9.17) is 11.6 Å². The number of piperidine rings is 1. The standard InChI is InChI=1S/C22H22ClN3O3/c1-25-11-12-26(20(28)13-25)15-7-5-14(6-8-15)16-3-2-4-17(21(16)23)18-9-10-19(27)24-22(18)29/h2-8,18H,9-13H2,1H3,(H,24,27,29). The number of halogens is 1. The summed E-state index contributed by atoms with van der Waals surface area (Å²) in [6.45, 7) is 1.93. The maximum absolute atomic E-state index is 12.3. The van der Waals surface area contributed by atoms with Crippen LogP contribution in [0.5, 0.6) is 0 Å². The third-order valence-electron chi connectivity index (χ3n) is 5.54. The smallest absolute Gasteiger partial charge is 0.241 e. The zero-order valence-electron chi connectivity index (χ0n) is 16.2. The van der Waals surface area contributed by atoms with Gasteiger partial charge in [-0.3, -0.25) is 24.6 Å². The summed E-state index contributed by atoms with van der Waals surface area (Å²) < 4.78 is 0. The fraction of sp³-hybridized carbons (Fsp3) is 0.318. The number of nitrogens with zero attached hydrogens (tertiary/aromatic N) is 2. The van der Waals surface area contributed by atoms with Gasteiger partial charge in [0.05, 0.1) is 17.5 Å². The van der Waals surface area contributed by atoms with Crippen molar-refractivity contribution in [3.63, 3.8) is 0 Å². The number of rotatable bonds is 3. The number of anilines is 1. The van der Waals surface area contributed by atoms with Gasteiger partial charge >= 0.3 is 0 Å². The van der Waals surface area contributed by atoms with Crippen LogP contribution >= 0.6 is 11.6 Å². The van der Waals surface area contributed by atoms with Gasteiger partial charge in [0, 0.05) is 30.8 Å². The summed E-state index contributed by atoms with van der Waals surface area (Å²) in [5.74, 6) is -0.886. The number of likely N-dealkylation sites (N-methyl/N-ethyl adjacent to an activating group) is 1. The van der Waals surface area contributed by atoms with Gasteiger partial charge in [0.1, 0.15) is 0 Å². The molecule has 2 aromatic carbocycles. The normalized spacial score (nSPS) is 20.7. The van der Waals surface area contributed by atoms with Gasteiger partial charge < -0.3 is 4.90 Å². The van der Waals surface area contributed by atoms with Gasteiger partial charge in [-0.15, -0.1) is 0 Å². The van der Waals surface area contributed by atoms with Crippen molar-refractivity contribution in [3.8, 4) is 11.1 Å². The average molecular weight is 412 g/mol. The second-order valence-corrected chi connectivity index (χ2v) is 7.92. The number of hydrogen-bond acceptors (Lipinski definition) is 4. The highest BCUT2D eigenvalue weighted by Gasteiger charge is 2.30. The molecule has 1 atom stereocenters. The van der Waals surface area contributed by atoms with Gasteiger partial charge in [0.25, 0.3) is 0 Å². The molecule has 7 heteroatoms. The molecular formula is C22H22ClN3O3. The van der Waals surface area contributed by atoms with E-state index >= 15 is 0 Å². The molecule has 1 N–H and O–H groups in total. The molecule has 6 nitrogen and oxygen atoms in total. The first-order valence-electron chi connectivity index (χ1n) is 9.65. The summed E-state index contributed by atoms with van der Waals surface area (Å²) in [6.07, 6.45) is 0.767. The van der Waals surface area contributed by atoms with Crippen LogP contribution < -0.4 is 10.2 Å². The Kier molecular flexibility index (Phi) is 5.39. The Morgan fingerprint density at radius 3 is 2.48 bits per heavy atom. The minimum atomic E-state index is -0.428. The third kappa shape index (κ3) is 3.91. The van der Waals surface area contributed by atoms with Gasteiger partial charge in [-0.1, -0.05) is 41.9 Å². The van der Waals surface area contributed by atoms with Crippen LogP contribution in [0, 0.1) is 0 Å². The van der Waals surface area contributed by atoms with E-state index in [1.165, 1.54) is 0 Å². The van der Waals surface area contributed by atoms with Crippen molar-refractivity contribution < 1.29 is 14.4 Å². The van der Waals surface area contributed by atoms with E-state index in [1.54, 1.807) is 4.90 Å². The Morgan fingerprint density at radius 2 is 1.79 bits per heavy atom. The van der Waals surface area contributed by atoms with Crippen molar-refractivity contribution >= 4 is 35.0 Å². The fourth-order valence-corrected chi connectivity index (χ4v) is 4.28. The number of piperazine rings is 1. The molecule has 0 spiro atoms. The van der Waals surface area contributed by atoms with Crippen LogP contribution in [0.25, 0.3) is 11.1 Å². The maximum atomic E-state index is 12.3. The van der Waals surface area contributed by atoms with E-state index in [9.17, 15) is 14.4 Å². The Morgan fingerprint density at radius 1 is 1.03 bits per heavy atom. The molecule has 1 unspecified atom stereocenters. The lowest BCUT2D eigenvalue weighted by atomic mass is 9.88. The monoisotopic (exact) mass is 411 g/mol. The maximum Gasteiger partial charge on any atom is 0.241 e. The van der Waals surface area contributed by atoms with E-state index < -0.39 is 5.92 Å². The molecule has 2 aromatic rings. The van der Waals surface area contributed by atoms with Crippen molar-refractivity contribution in [2.75, 3.05) is 31.6 Å². The molecule has 4 rings (SSSR count). The van der Waals surface area contributed by atoms with Gasteiger partial charge in [-0.25, -0.2) is 0 Å². The molecular weight excluding hydrogens is 390 g/mol. The minimum absolute atomic E-state index is 0.0874. The van der Waals surface area contributed by atoms with Gasteiger partial charge in [-0.2, -0.15) is 0 Å². The topological polar surface area (TPSA) is 69.7 Å². The molecule has 29 heavy (non-hydrogen) atoms. The van der Waals surface area contributed by atoms with E-state index in [2.05, 4.69) is 5.32 Å². The van der Waals surface area contributed by atoms with E-state index in [1.807, 2.05) is 54.4 Å². The van der Waals surface area contributed by atoms with Crippen LogP contribution in [0.4, 0.5) is 5.69 Å². The number of carbonyl (C=O) groups excluding carboxylic acids is 3. The van der Waals surface area contributed by atoms with Crippen LogP contribution in [-0.2, 0) is 14.4 Å². The Labute approximate surface area is 174 Å². The predicted molar refractivity (Wildman–Crippen MR) is 112 cm³/mol. The van der Waals surface area contributed by atoms with E-state index in [0.29, 0.717) is 31.0 Å². The average Bonchev–Trinajstić information content (AvgIpc) is 2.69. The second-order valence-electron chi connectivity index (χ2n) is 7.54. The quantitative estimate of drug-likeness (QED) is 0.788. The largest absolute Gasteiger partial charge is 0.310 e. The van der Waals surface area contributed by atoms with Gasteiger partial charge in [0.2, 0.25) is 17.7 Å². The lowest BCUT2D eigenvalue weighted by molar-refractivity contribution is -0.134. The Hall–Kier alpha value is -2.70. The first kappa shape index (κ1) is 19.6. The number of imide groups is 1. The molecule has 0 aliphatic carbocycles. The first-order chi connectivity index (χ1) is 13.9. The number of hydrogen-bond donors (Lipinski definition) is 1. The Bertz CT molecular complexity index is 974. The van der Waals surface area contributed by atoms with Crippen LogP contribution in [0.15, 0.2) is 42.5 Å². The molecule has 0 radical (unpaired) electrons. The number of carbonyl (C=O) groups is 3. The highest BCUT2D eigenvalue weighted by atomic mass is 35.5. The summed E-state index contributed by atoms with van der Waals surface area (Å²) in [5, 5.41) is 2.91. The predicted octanol–water partition coefficient (Wildman–Crippen LogP) is 2.81. The Balaban J connectivity index is 1.60. The van der Waals surface area contributed by atoms with Crippen LogP contribution in [0.1, 0.15) is 24.3 Å². The van der Waals surface area contributed by atoms with Crippen LogP contribution in [-0.4, -0.2) is 49.3 Å². The summed E-state index contributed by atoms with van der Waals surface area (Å²) in [7, 11) is 1.94. The lowest BCUT2D eigenvalue weighted by Crippen LogP contribution is -2.48. The molecule has 150 valence electrons. The summed E-state index contributed by atoms with van der Waals surface area (Å²) in [6, 6.07) is 13.4. The summed E-state index contributed by atoms with van der Waals surface area (Å²) in [5.41, 5.74) is 3.33. The third-order valence-corrected chi connectivity index (χ3v) is 5.97. The van der Waals surface area contributed by atoms with Crippen molar-refractivity contribution in [2.45, 2.75) is 18.8 Å². The lowest BCUT2D eigenvalue weighted by Gasteiger charge is -2.32. The second kappa shape index (κ2) is 7.97. The number of amides is 3. The molecule has 2 saturated heterocycles. The van der Waals surface area contributed by atoms with Crippen molar-refractivity contribution in [2.24, 2.45) is 0 Å². The molecule has 0 bridgehead atoms. The summed E-state index contributed by atoms with van der Waals surface area (Å²) in [4.78, 5) is 39.8. The van der Waals surface area contributed by atoms with Crippen molar-refractivity contribution in [3.05, 3.63) is 53.1 Å². The molecule has 2 fully saturated rings. The molecule has 2 aliphatic rings. The van der Waals surface area contributed by atoms with E-state index in [-0.39, 0.29) is 17.7 Å². The zero-order valence-corrected chi connectivity index (χ0v) is 16.9. The zero-order chi connectivity index (χ0) is 20.5. The van der Waals surface area contributed by atoms with Gasteiger partial charge in [0.15, 0.2) is 0 Å². The van der Waals surface area contributed by atoms with E-state index in [0.717, 1.165) is 28.9 Å². The van der Waals surface area contributed by atoms with Crippen molar-refractivity contribution in [1.29, 1.82) is 0 Å². The SMILES string of the molecule is CN1CCN(c2ccc(-c3cccc(C4CCC(=O)NC4=O)c3Cl)cc2)C(=O)C1. The van der Waals surface area contributed by atoms with Crippen LogP contribution in [0.3, 0.4) is 0 Å². The highest BCUT2D eigenvalue weighted by molar-refractivity contribution is 6.34. The number of benzene rings is 2. The fourth-order valence-electron chi connectivity index (χ4n) is 3.92. The molecule has 0 saturated carbocycles. The molecule has 2 aliphatic heterocycles. The molecule has 0 aromatic heterocycles. The summed E-state index contributed by atoms with van der Waals surface area (Å²) >= 11 is 6.67. The number of nitrogens with one attached hydrogen (secondary N) is 1. The molecule has 2 heterocycles. The van der Waals surface area contributed by atoms with Gasteiger partial charge in [-0.05, 0) is 36.7 Å². The van der Waals surface area contributed by atoms with Crippen LogP contribution in [0.2, 0.25) is 5.02 Å². The first-order valence-corrected chi connectivity index (χ1v) is 10.0. The minimum Gasteiger partial charge on any atom is -0.310 e. The molecule has 3 amide bonds. The van der Waals surface area contributed by atoms with Crippen molar-refractivity contribution in [1.82, 2.24) is 10.2 Å². The highest BCUT2D eigenvalue weighted by Crippen LogP contribution is 2.37.